The predicted octanol–water partition coefficient (Wildman–Crippen LogP) is 3.41. The summed E-state index contributed by atoms with van der Waals surface area (Å²) in [6.07, 6.45) is 4.07. The third-order valence-corrected chi connectivity index (χ3v) is 4.40. The molecule has 0 bridgehead atoms. The van der Waals surface area contributed by atoms with E-state index in [9.17, 15) is 8.42 Å². The molecule has 1 aromatic heterocycles. The molecule has 0 aliphatic rings. The highest BCUT2D eigenvalue weighted by molar-refractivity contribution is 7.95. The average molecular weight is 308 g/mol. The van der Waals surface area contributed by atoms with Crippen LogP contribution < -0.4 is 0 Å². The molecule has 0 fully saturated rings. The summed E-state index contributed by atoms with van der Waals surface area (Å²) < 4.78 is 29.2. The lowest BCUT2D eigenvalue weighted by molar-refractivity contribution is 0.567. The van der Waals surface area contributed by atoms with Crippen molar-refractivity contribution in [3.05, 3.63) is 63.9 Å². The minimum absolute atomic E-state index is 0.249. The minimum Gasteiger partial charge on any atom is -0.472 e. The molecule has 20 heavy (non-hydrogen) atoms. The number of halogens is 1. The molecule has 102 valence electrons. The van der Waals surface area contributed by atoms with E-state index in [2.05, 4.69) is 0 Å². The second-order valence-corrected chi connectivity index (χ2v) is 6.46. The van der Waals surface area contributed by atoms with E-state index in [1.165, 1.54) is 18.6 Å². The molecule has 0 aliphatic heterocycles. The van der Waals surface area contributed by atoms with Gasteiger partial charge in [-0.05, 0) is 29.8 Å². The standard InChI is InChI=1S/C14H10ClNO3S/c15-13-3-1-11(2-4-13)10-20(17,18)14(8-16)7-12-5-6-19-9-12/h1-7,9H,10H2/b14-7-. The number of hydrogen-bond acceptors (Lipinski definition) is 4. The van der Waals surface area contributed by atoms with Gasteiger partial charge in [0, 0.05) is 10.6 Å². The molecule has 6 heteroatoms. The maximum atomic E-state index is 12.2. The van der Waals surface area contributed by atoms with Gasteiger partial charge < -0.3 is 4.42 Å². The van der Waals surface area contributed by atoms with E-state index in [1.807, 2.05) is 0 Å². The quantitative estimate of drug-likeness (QED) is 0.811. The number of allylic oxidation sites excluding steroid dienone is 1. The van der Waals surface area contributed by atoms with E-state index in [0.29, 0.717) is 16.1 Å². The van der Waals surface area contributed by atoms with Crippen molar-refractivity contribution in [2.75, 3.05) is 0 Å². The van der Waals surface area contributed by atoms with Gasteiger partial charge in [0.1, 0.15) is 11.0 Å². The Kier molecular flexibility index (Phi) is 4.28. The van der Waals surface area contributed by atoms with Crippen LogP contribution in [0.3, 0.4) is 0 Å². The first-order valence-electron chi connectivity index (χ1n) is 5.62. The fourth-order valence-corrected chi connectivity index (χ4v) is 2.95. The van der Waals surface area contributed by atoms with E-state index < -0.39 is 9.84 Å². The monoisotopic (exact) mass is 307 g/mol. The molecule has 0 amide bonds. The van der Waals surface area contributed by atoms with Crippen molar-refractivity contribution in [3.63, 3.8) is 0 Å². The molecule has 4 nitrogen and oxygen atoms in total. The zero-order chi connectivity index (χ0) is 14.6. The van der Waals surface area contributed by atoms with E-state index in [1.54, 1.807) is 36.4 Å². The van der Waals surface area contributed by atoms with Crippen LogP contribution in [0.5, 0.6) is 0 Å². The van der Waals surface area contributed by atoms with Crippen molar-refractivity contribution >= 4 is 27.5 Å². The number of benzene rings is 1. The van der Waals surface area contributed by atoms with E-state index in [0.717, 1.165) is 0 Å². The molecule has 0 saturated carbocycles. The number of nitrogens with zero attached hydrogens (tertiary/aromatic N) is 1. The van der Waals surface area contributed by atoms with Gasteiger partial charge in [0.15, 0.2) is 9.84 Å². The van der Waals surface area contributed by atoms with Gasteiger partial charge in [0.2, 0.25) is 0 Å². The lowest BCUT2D eigenvalue weighted by atomic mass is 10.2. The predicted molar refractivity (Wildman–Crippen MR) is 76.4 cm³/mol. The molecule has 0 saturated heterocycles. The van der Waals surface area contributed by atoms with Crippen LogP contribution in [0.2, 0.25) is 5.02 Å². The van der Waals surface area contributed by atoms with Gasteiger partial charge in [-0.25, -0.2) is 8.42 Å². The highest BCUT2D eigenvalue weighted by atomic mass is 35.5. The number of nitriles is 1. The Balaban J connectivity index is 2.29. The van der Waals surface area contributed by atoms with Gasteiger partial charge in [0.25, 0.3) is 0 Å². The van der Waals surface area contributed by atoms with Crippen molar-refractivity contribution < 1.29 is 12.8 Å². The van der Waals surface area contributed by atoms with Gasteiger partial charge >= 0.3 is 0 Å². The van der Waals surface area contributed by atoms with Crippen LogP contribution in [0, 0.1) is 11.3 Å². The third-order valence-electron chi connectivity index (χ3n) is 2.56. The molecule has 0 spiro atoms. The average Bonchev–Trinajstić information content (AvgIpc) is 2.91. The summed E-state index contributed by atoms with van der Waals surface area (Å²) in [5, 5.41) is 9.56. The van der Waals surface area contributed by atoms with E-state index in [-0.39, 0.29) is 10.7 Å². The molecular formula is C14H10ClNO3S. The zero-order valence-electron chi connectivity index (χ0n) is 10.3. The maximum absolute atomic E-state index is 12.2. The maximum Gasteiger partial charge on any atom is 0.192 e. The molecule has 0 radical (unpaired) electrons. The van der Waals surface area contributed by atoms with Gasteiger partial charge in [-0.15, -0.1) is 0 Å². The Hall–Kier alpha value is -2.03. The molecule has 0 aliphatic carbocycles. The van der Waals surface area contributed by atoms with Crippen LogP contribution in [0.1, 0.15) is 11.1 Å². The molecule has 0 unspecified atom stereocenters. The minimum atomic E-state index is -3.70. The Morgan fingerprint density at radius 3 is 2.55 bits per heavy atom. The first-order chi connectivity index (χ1) is 9.51. The molecular weight excluding hydrogens is 298 g/mol. The molecule has 2 rings (SSSR count). The number of hydrogen-bond donors (Lipinski definition) is 0. The number of rotatable bonds is 4. The fraction of sp³-hybridized carbons (Fsp3) is 0.0714. The van der Waals surface area contributed by atoms with Crippen LogP contribution in [0.4, 0.5) is 0 Å². The fourth-order valence-electron chi connectivity index (χ4n) is 1.58. The van der Waals surface area contributed by atoms with E-state index >= 15 is 0 Å². The Morgan fingerprint density at radius 1 is 1.30 bits per heavy atom. The third kappa shape index (κ3) is 3.50. The van der Waals surface area contributed by atoms with E-state index in [4.69, 9.17) is 21.3 Å². The van der Waals surface area contributed by atoms with Crippen LogP contribution in [0.15, 0.2) is 52.2 Å². The van der Waals surface area contributed by atoms with Crippen molar-refractivity contribution in [1.82, 2.24) is 0 Å². The van der Waals surface area contributed by atoms with Crippen molar-refractivity contribution in [3.8, 4) is 6.07 Å². The Bertz CT molecular complexity index is 754. The Labute approximate surface area is 121 Å². The summed E-state index contributed by atoms with van der Waals surface area (Å²) in [5.74, 6) is -0.249. The molecule has 0 atom stereocenters. The van der Waals surface area contributed by atoms with Crippen LogP contribution >= 0.6 is 11.6 Å². The summed E-state index contributed by atoms with van der Waals surface area (Å²) in [5.41, 5.74) is 1.10. The second kappa shape index (κ2) is 5.95. The first kappa shape index (κ1) is 14.4. The van der Waals surface area contributed by atoms with Gasteiger partial charge in [-0.3, -0.25) is 0 Å². The molecule has 2 aromatic rings. The van der Waals surface area contributed by atoms with Crippen molar-refractivity contribution in [1.29, 1.82) is 5.26 Å². The van der Waals surface area contributed by atoms with Gasteiger partial charge in [-0.2, -0.15) is 5.26 Å². The first-order valence-corrected chi connectivity index (χ1v) is 7.65. The summed E-state index contributed by atoms with van der Waals surface area (Å²) in [4.78, 5) is -0.297. The Morgan fingerprint density at radius 2 is 2.00 bits per heavy atom. The van der Waals surface area contributed by atoms with Crippen molar-refractivity contribution in [2.24, 2.45) is 0 Å². The van der Waals surface area contributed by atoms with Crippen LogP contribution in [-0.4, -0.2) is 8.42 Å². The number of furan rings is 1. The molecule has 0 N–H and O–H groups in total. The number of sulfone groups is 1. The second-order valence-electron chi connectivity index (χ2n) is 4.06. The zero-order valence-corrected chi connectivity index (χ0v) is 11.9. The normalized spacial score (nSPS) is 12.1. The summed E-state index contributed by atoms with van der Waals surface area (Å²) >= 11 is 5.74. The van der Waals surface area contributed by atoms with Gasteiger partial charge in [0.05, 0.1) is 18.3 Å². The lowest BCUT2D eigenvalue weighted by Crippen LogP contribution is -2.06. The molecule has 1 heterocycles. The van der Waals surface area contributed by atoms with Crippen molar-refractivity contribution in [2.45, 2.75) is 5.75 Å². The van der Waals surface area contributed by atoms with Crippen LogP contribution in [0.25, 0.3) is 6.08 Å². The topological polar surface area (TPSA) is 71.1 Å². The van der Waals surface area contributed by atoms with Crippen LogP contribution in [-0.2, 0) is 15.6 Å². The summed E-state index contributed by atoms with van der Waals surface area (Å²) in [7, 11) is -3.70. The molecule has 1 aromatic carbocycles. The SMILES string of the molecule is N#C/C(=C/c1ccoc1)S(=O)(=O)Cc1ccc(Cl)cc1. The highest BCUT2D eigenvalue weighted by Crippen LogP contribution is 2.19. The highest BCUT2D eigenvalue weighted by Gasteiger charge is 2.18. The van der Waals surface area contributed by atoms with Gasteiger partial charge in [-0.1, -0.05) is 23.7 Å². The smallest absolute Gasteiger partial charge is 0.192 e. The summed E-state index contributed by atoms with van der Waals surface area (Å²) in [6.45, 7) is 0. The summed E-state index contributed by atoms with van der Waals surface area (Å²) in [6, 6.07) is 9.75. The largest absolute Gasteiger partial charge is 0.472 e. The lowest BCUT2D eigenvalue weighted by Gasteiger charge is -2.03.